The van der Waals surface area contributed by atoms with Gasteiger partial charge < -0.3 is 5.32 Å². The van der Waals surface area contributed by atoms with Gasteiger partial charge in [-0.1, -0.05) is 32.0 Å². The number of likely N-dealkylation sites (N-methyl/N-ethyl adjacent to an activating group) is 1. The second kappa shape index (κ2) is 7.45. The lowest BCUT2D eigenvalue weighted by molar-refractivity contribution is -0.117. The lowest BCUT2D eigenvalue weighted by atomic mass is 10.1. The number of carbonyl (C=O) groups is 1. The zero-order valence-electron chi connectivity index (χ0n) is 14.1. The summed E-state index contributed by atoms with van der Waals surface area (Å²) in [6.07, 6.45) is 1.48. The fraction of sp³-hybridized carbons (Fsp3) is 0.588. The number of anilines is 1. The Bertz CT molecular complexity index is 670. The number of sulfone groups is 1. The lowest BCUT2D eigenvalue weighted by Gasteiger charge is -2.26. The summed E-state index contributed by atoms with van der Waals surface area (Å²) >= 11 is 0. The summed E-state index contributed by atoms with van der Waals surface area (Å²) in [5, 5.41) is 3.01. The van der Waals surface area contributed by atoms with Crippen molar-refractivity contribution in [3.63, 3.8) is 0 Å². The molecule has 1 aliphatic heterocycles. The number of benzene rings is 1. The molecule has 1 heterocycles. The van der Waals surface area contributed by atoms with Crippen LogP contribution in [0.3, 0.4) is 0 Å². The van der Waals surface area contributed by atoms with Crippen molar-refractivity contribution in [2.75, 3.05) is 29.9 Å². The van der Waals surface area contributed by atoms with Gasteiger partial charge in [-0.2, -0.15) is 0 Å². The summed E-state index contributed by atoms with van der Waals surface area (Å²) in [7, 11) is -2.94. The molecule has 0 aromatic heterocycles. The first kappa shape index (κ1) is 17.9. The van der Waals surface area contributed by atoms with Gasteiger partial charge in [-0.15, -0.1) is 0 Å². The molecular formula is C17H26N2O3S. The zero-order valence-corrected chi connectivity index (χ0v) is 14.9. The van der Waals surface area contributed by atoms with Crippen molar-refractivity contribution in [2.45, 2.75) is 39.7 Å². The number of amides is 1. The number of nitrogens with zero attached hydrogens (tertiary/aromatic N) is 1. The molecule has 0 bridgehead atoms. The number of hydrogen-bond donors (Lipinski definition) is 1. The Balaban J connectivity index is 2.04. The molecule has 1 atom stereocenters. The summed E-state index contributed by atoms with van der Waals surface area (Å²) in [5.41, 5.74) is 3.05. The number of aryl methyl sites for hydroxylation is 2. The molecular weight excluding hydrogens is 312 g/mol. The lowest BCUT2D eigenvalue weighted by Crippen LogP contribution is -2.41. The molecule has 128 valence electrons. The Morgan fingerprint density at radius 2 is 2.09 bits per heavy atom. The maximum Gasteiger partial charge on any atom is 0.238 e. The molecule has 1 aromatic rings. The Kier molecular flexibility index (Phi) is 5.81. The highest BCUT2D eigenvalue weighted by Gasteiger charge is 2.32. The fourth-order valence-electron chi connectivity index (χ4n) is 3.13. The third-order valence-corrected chi connectivity index (χ3v) is 6.23. The molecule has 0 aliphatic carbocycles. The topological polar surface area (TPSA) is 66.5 Å². The van der Waals surface area contributed by atoms with Crippen LogP contribution in [-0.2, 0) is 21.1 Å². The Morgan fingerprint density at radius 1 is 1.35 bits per heavy atom. The van der Waals surface area contributed by atoms with Crippen LogP contribution in [0, 0.1) is 6.92 Å². The third-order valence-electron chi connectivity index (χ3n) is 4.48. The van der Waals surface area contributed by atoms with Gasteiger partial charge in [0, 0.05) is 11.7 Å². The van der Waals surface area contributed by atoms with Crippen LogP contribution < -0.4 is 5.32 Å². The average Bonchev–Trinajstić information content (AvgIpc) is 2.86. The second-order valence-electron chi connectivity index (χ2n) is 6.13. The van der Waals surface area contributed by atoms with Gasteiger partial charge in [0.05, 0.1) is 18.1 Å². The van der Waals surface area contributed by atoms with E-state index in [0.717, 1.165) is 23.2 Å². The molecule has 1 unspecified atom stereocenters. The van der Waals surface area contributed by atoms with Gasteiger partial charge in [0.2, 0.25) is 5.91 Å². The highest BCUT2D eigenvalue weighted by Crippen LogP contribution is 2.22. The van der Waals surface area contributed by atoms with Gasteiger partial charge >= 0.3 is 0 Å². The van der Waals surface area contributed by atoms with Gasteiger partial charge in [-0.3, -0.25) is 9.69 Å². The summed E-state index contributed by atoms with van der Waals surface area (Å²) in [5.74, 6) is 0.312. The molecule has 1 amide bonds. The molecule has 6 heteroatoms. The smallest absolute Gasteiger partial charge is 0.238 e. The number of nitrogens with one attached hydrogen (secondary N) is 1. The maximum atomic E-state index is 12.4. The normalized spacial score (nSPS) is 19.9. The van der Waals surface area contributed by atoms with Crippen molar-refractivity contribution in [2.24, 2.45) is 0 Å². The molecule has 1 fully saturated rings. The predicted molar refractivity (Wildman–Crippen MR) is 93.5 cm³/mol. The van der Waals surface area contributed by atoms with Crippen LogP contribution in [0.15, 0.2) is 18.2 Å². The van der Waals surface area contributed by atoms with Crippen LogP contribution in [0.1, 0.15) is 31.4 Å². The second-order valence-corrected chi connectivity index (χ2v) is 8.36. The van der Waals surface area contributed by atoms with Crippen LogP contribution >= 0.6 is 0 Å². The Hall–Kier alpha value is -1.40. The molecule has 0 radical (unpaired) electrons. The molecule has 1 aromatic carbocycles. The molecule has 5 nitrogen and oxygen atoms in total. The average molecular weight is 338 g/mol. The van der Waals surface area contributed by atoms with Crippen LogP contribution in [0.25, 0.3) is 0 Å². The van der Waals surface area contributed by atoms with Gasteiger partial charge in [0.1, 0.15) is 0 Å². The number of para-hydroxylation sites is 1. The van der Waals surface area contributed by atoms with E-state index in [1.165, 1.54) is 0 Å². The first-order valence-corrected chi connectivity index (χ1v) is 10.0. The molecule has 0 saturated carbocycles. The summed E-state index contributed by atoms with van der Waals surface area (Å²) in [6.45, 7) is 6.90. The van der Waals surface area contributed by atoms with E-state index in [1.807, 2.05) is 36.9 Å². The SMILES string of the molecule is CCc1cccc(C)c1NC(=O)CN(CC)C1CCS(=O)(=O)C1. The summed E-state index contributed by atoms with van der Waals surface area (Å²) in [6, 6.07) is 5.95. The minimum absolute atomic E-state index is 0.0433. The van der Waals surface area contributed by atoms with E-state index in [-0.39, 0.29) is 30.0 Å². The van der Waals surface area contributed by atoms with Crippen molar-refractivity contribution in [3.8, 4) is 0 Å². The molecule has 1 N–H and O–H groups in total. The van der Waals surface area contributed by atoms with Crippen molar-refractivity contribution in [1.29, 1.82) is 0 Å². The number of rotatable bonds is 6. The first-order valence-electron chi connectivity index (χ1n) is 8.19. The van der Waals surface area contributed by atoms with E-state index in [1.54, 1.807) is 0 Å². The first-order chi connectivity index (χ1) is 10.9. The summed E-state index contributed by atoms with van der Waals surface area (Å²) in [4.78, 5) is 14.4. The summed E-state index contributed by atoms with van der Waals surface area (Å²) < 4.78 is 23.3. The Morgan fingerprint density at radius 3 is 2.65 bits per heavy atom. The molecule has 23 heavy (non-hydrogen) atoms. The van der Waals surface area contributed by atoms with E-state index in [4.69, 9.17) is 0 Å². The van der Waals surface area contributed by atoms with Crippen molar-refractivity contribution in [1.82, 2.24) is 4.90 Å². The minimum atomic E-state index is -2.94. The molecule has 0 spiro atoms. The van der Waals surface area contributed by atoms with E-state index in [0.29, 0.717) is 13.0 Å². The number of hydrogen-bond acceptors (Lipinski definition) is 4. The standard InChI is InChI=1S/C17H26N2O3S/c1-4-14-8-6-7-13(3)17(14)18-16(20)11-19(5-2)15-9-10-23(21,22)12-15/h6-8,15H,4-5,9-12H2,1-3H3,(H,18,20). The molecule has 1 aliphatic rings. The maximum absolute atomic E-state index is 12.4. The molecule has 1 saturated heterocycles. The third kappa shape index (κ3) is 4.54. The van der Waals surface area contributed by atoms with Crippen LogP contribution in [0.5, 0.6) is 0 Å². The largest absolute Gasteiger partial charge is 0.324 e. The van der Waals surface area contributed by atoms with Crippen molar-refractivity contribution >= 4 is 21.4 Å². The highest BCUT2D eigenvalue weighted by molar-refractivity contribution is 7.91. The highest BCUT2D eigenvalue weighted by atomic mass is 32.2. The van der Waals surface area contributed by atoms with Gasteiger partial charge in [-0.05, 0) is 37.4 Å². The zero-order chi connectivity index (χ0) is 17.0. The number of carbonyl (C=O) groups excluding carboxylic acids is 1. The van der Waals surface area contributed by atoms with E-state index < -0.39 is 9.84 Å². The molecule has 2 rings (SSSR count). The van der Waals surface area contributed by atoms with Crippen LogP contribution in [-0.4, -0.2) is 49.9 Å². The van der Waals surface area contributed by atoms with Gasteiger partial charge in [0.15, 0.2) is 9.84 Å². The van der Waals surface area contributed by atoms with E-state index >= 15 is 0 Å². The van der Waals surface area contributed by atoms with E-state index in [9.17, 15) is 13.2 Å². The predicted octanol–water partition coefficient (Wildman–Crippen LogP) is 2.00. The quantitative estimate of drug-likeness (QED) is 0.861. The van der Waals surface area contributed by atoms with Crippen molar-refractivity contribution < 1.29 is 13.2 Å². The monoisotopic (exact) mass is 338 g/mol. The minimum Gasteiger partial charge on any atom is -0.324 e. The van der Waals surface area contributed by atoms with Gasteiger partial charge in [0.25, 0.3) is 0 Å². The Labute approximate surface area is 139 Å². The van der Waals surface area contributed by atoms with Gasteiger partial charge in [-0.25, -0.2) is 8.42 Å². The van der Waals surface area contributed by atoms with E-state index in [2.05, 4.69) is 12.2 Å². The van der Waals surface area contributed by atoms with Crippen LogP contribution in [0.4, 0.5) is 5.69 Å². The van der Waals surface area contributed by atoms with Crippen molar-refractivity contribution in [3.05, 3.63) is 29.3 Å². The van der Waals surface area contributed by atoms with Crippen LogP contribution in [0.2, 0.25) is 0 Å². The fourth-order valence-corrected chi connectivity index (χ4v) is 4.89.